The molecule has 0 bridgehead atoms. The van der Waals surface area contributed by atoms with Crippen LogP contribution in [0, 0.1) is 0 Å². The lowest BCUT2D eigenvalue weighted by atomic mass is 10.0. The summed E-state index contributed by atoms with van der Waals surface area (Å²) in [4.78, 5) is 11.5. The quantitative estimate of drug-likeness (QED) is 0.566. The van der Waals surface area contributed by atoms with E-state index in [4.69, 9.17) is 10.2 Å². The minimum absolute atomic E-state index is 0.173. The van der Waals surface area contributed by atoms with Crippen molar-refractivity contribution in [3.05, 3.63) is 36.3 Å². The van der Waals surface area contributed by atoms with Crippen molar-refractivity contribution in [2.75, 3.05) is 0 Å². The van der Waals surface area contributed by atoms with Gasteiger partial charge in [-0.25, -0.2) is 0 Å². The molecular weight excluding hydrogens is 166 g/mol. The minimum Gasteiger partial charge on any atom is -0.461 e. The second-order valence-corrected chi connectivity index (χ2v) is 3.11. The number of nitrogens with two attached hydrogens (primary N) is 1. The average Bonchev–Trinajstić information content (AvgIpc) is 2.53. The largest absolute Gasteiger partial charge is 0.461 e. The number of carbonyl (C=O) groups is 1. The van der Waals surface area contributed by atoms with E-state index < -0.39 is 6.04 Å². The van der Waals surface area contributed by atoms with Crippen molar-refractivity contribution in [2.24, 2.45) is 5.73 Å². The first-order valence-corrected chi connectivity index (χ1v) is 4.09. The molecule has 0 amide bonds. The van der Waals surface area contributed by atoms with Crippen LogP contribution in [-0.4, -0.2) is 11.8 Å². The van der Waals surface area contributed by atoms with Gasteiger partial charge in [0, 0.05) is 0 Å². The molecule has 0 aromatic carbocycles. The Bertz CT molecular complexity index is 301. The second-order valence-electron chi connectivity index (χ2n) is 3.11. The van der Waals surface area contributed by atoms with E-state index >= 15 is 0 Å². The molecule has 1 aromatic rings. The standard InChI is InChI=1S/C10H13NO2/c1-7(2)6-8(11)10(12)9-4-3-5-13-9/h3-5,8H,1,6,11H2,2H3/t8-/m0/s1. The molecule has 0 aliphatic carbocycles. The van der Waals surface area contributed by atoms with E-state index in [1.807, 2.05) is 6.92 Å². The van der Waals surface area contributed by atoms with E-state index in [2.05, 4.69) is 6.58 Å². The van der Waals surface area contributed by atoms with Gasteiger partial charge in [-0.2, -0.15) is 0 Å². The van der Waals surface area contributed by atoms with E-state index in [0.29, 0.717) is 12.2 Å². The predicted octanol–water partition coefficient (Wildman–Crippen LogP) is 1.76. The Morgan fingerprint density at radius 1 is 1.77 bits per heavy atom. The van der Waals surface area contributed by atoms with Crippen molar-refractivity contribution in [3.8, 4) is 0 Å². The number of ketones is 1. The first-order chi connectivity index (χ1) is 6.11. The van der Waals surface area contributed by atoms with Gasteiger partial charge in [-0.15, -0.1) is 6.58 Å². The Kier molecular flexibility index (Phi) is 3.03. The van der Waals surface area contributed by atoms with Crippen LogP contribution in [0.5, 0.6) is 0 Å². The molecule has 1 heterocycles. The van der Waals surface area contributed by atoms with Crippen LogP contribution in [0.2, 0.25) is 0 Å². The van der Waals surface area contributed by atoms with Crippen LogP contribution in [0.15, 0.2) is 35.0 Å². The monoisotopic (exact) mass is 179 g/mol. The van der Waals surface area contributed by atoms with Gasteiger partial charge in [-0.3, -0.25) is 4.79 Å². The van der Waals surface area contributed by atoms with Crippen molar-refractivity contribution in [1.29, 1.82) is 0 Å². The molecule has 0 radical (unpaired) electrons. The molecule has 1 aromatic heterocycles. The summed E-state index contributed by atoms with van der Waals surface area (Å²) in [6.07, 6.45) is 1.96. The highest BCUT2D eigenvalue weighted by molar-refractivity contribution is 5.97. The third kappa shape index (κ3) is 2.56. The van der Waals surface area contributed by atoms with Crippen molar-refractivity contribution in [3.63, 3.8) is 0 Å². The molecule has 3 heteroatoms. The molecule has 0 fully saturated rings. The van der Waals surface area contributed by atoms with Crippen LogP contribution in [-0.2, 0) is 0 Å². The van der Waals surface area contributed by atoms with Gasteiger partial charge < -0.3 is 10.2 Å². The zero-order valence-corrected chi connectivity index (χ0v) is 7.62. The fourth-order valence-corrected chi connectivity index (χ4v) is 1.07. The molecule has 1 atom stereocenters. The molecule has 0 saturated carbocycles. The van der Waals surface area contributed by atoms with E-state index in [1.54, 1.807) is 12.1 Å². The number of hydrogen-bond donors (Lipinski definition) is 1. The Hall–Kier alpha value is -1.35. The molecule has 13 heavy (non-hydrogen) atoms. The number of furan rings is 1. The normalized spacial score (nSPS) is 12.5. The maximum Gasteiger partial charge on any atom is 0.214 e. The summed E-state index contributed by atoms with van der Waals surface area (Å²) in [5, 5.41) is 0. The highest BCUT2D eigenvalue weighted by atomic mass is 16.3. The second kappa shape index (κ2) is 4.05. The van der Waals surface area contributed by atoms with Crippen LogP contribution in [0.25, 0.3) is 0 Å². The van der Waals surface area contributed by atoms with Gasteiger partial charge in [0.05, 0.1) is 12.3 Å². The van der Waals surface area contributed by atoms with Crippen LogP contribution in [0.3, 0.4) is 0 Å². The number of rotatable bonds is 4. The van der Waals surface area contributed by atoms with Gasteiger partial charge in [-0.1, -0.05) is 5.57 Å². The number of Topliss-reactive ketones (excluding diaryl/α,β-unsaturated/α-hetero) is 1. The maximum atomic E-state index is 11.5. The van der Waals surface area contributed by atoms with E-state index in [9.17, 15) is 4.79 Å². The fourth-order valence-electron chi connectivity index (χ4n) is 1.07. The summed E-state index contributed by atoms with van der Waals surface area (Å²) in [7, 11) is 0. The lowest BCUT2D eigenvalue weighted by Gasteiger charge is -2.07. The third-order valence-corrected chi connectivity index (χ3v) is 1.67. The van der Waals surface area contributed by atoms with Crippen molar-refractivity contribution in [2.45, 2.75) is 19.4 Å². The van der Waals surface area contributed by atoms with Gasteiger partial charge in [-0.05, 0) is 25.5 Å². The Morgan fingerprint density at radius 2 is 2.46 bits per heavy atom. The molecule has 2 N–H and O–H groups in total. The predicted molar refractivity (Wildman–Crippen MR) is 50.4 cm³/mol. The first-order valence-electron chi connectivity index (χ1n) is 4.09. The smallest absolute Gasteiger partial charge is 0.214 e. The van der Waals surface area contributed by atoms with Crippen molar-refractivity contribution in [1.82, 2.24) is 0 Å². The Morgan fingerprint density at radius 3 is 2.92 bits per heavy atom. The fraction of sp³-hybridized carbons (Fsp3) is 0.300. The van der Waals surface area contributed by atoms with E-state index in [1.165, 1.54) is 6.26 Å². The molecule has 3 nitrogen and oxygen atoms in total. The Labute approximate surface area is 77.2 Å². The SMILES string of the molecule is C=C(C)C[C@H](N)C(=O)c1ccco1. The van der Waals surface area contributed by atoms with Crippen molar-refractivity contribution < 1.29 is 9.21 Å². The summed E-state index contributed by atoms with van der Waals surface area (Å²) in [6, 6.07) is 2.74. The van der Waals surface area contributed by atoms with E-state index in [0.717, 1.165) is 5.57 Å². The summed E-state index contributed by atoms with van der Waals surface area (Å²) in [5.74, 6) is 0.141. The Balaban J connectivity index is 2.63. The molecule has 70 valence electrons. The van der Waals surface area contributed by atoms with Gasteiger partial charge >= 0.3 is 0 Å². The van der Waals surface area contributed by atoms with Crippen LogP contribution in [0.1, 0.15) is 23.9 Å². The summed E-state index contributed by atoms with van der Waals surface area (Å²) in [6.45, 7) is 5.54. The highest BCUT2D eigenvalue weighted by Gasteiger charge is 2.17. The summed E-state index contributed by atoms with van der Waals surface area (Å²) in [5.41, 5.74) is 6.53. The molecular formula is C10H13NO2. The topological polar surface area (TPSA) is 56.2 Å². The van der Waals surface area contributed by atoms with Crippen LogP contribution in [0.4, 0.5) is 0 Å². The lowest BCUT2D eigenvalue weighted by Crippen LogP contribution is -2.30. The average molecular weight is 179 g/mol. The molecule has 1 rings (SSSR count). The van der Waals surface area contributed by atoms with Gasteiger partial charge in [0.2, 0.25) is 5.78 Å². The number of carbonyl (C=O) groups excluding carboxylic acids is 1. The zero-order chi connectivity index (χ0) is 9.84. The number of hydrogen-bond acceptors (Lipinski definition) is 3. The summed E-state index contributed by atoms with van der Waals surface area (Å²) >= 11 is 0. The van der Waals surface area contributed by atoms with Gasteiger partial charge in [0.1, 0.15) is 0 Å². The molecule has 0 spiro atoms. The van der Waals surface area contributed by atoms with Gasteiger partial charge in [0.15, 0.2) is 5.76 Å². The van der Waals surface area contributed by atoms with E-state index in [-0.39, 0.29) is 5.78 Å². The third-order valence-electron chi connectivity index (χ3n) is 1.67. The highest BCUT2D eigenvalue weighted by Crippen LogP contribution is 2.08. The van der Waals surface area contributed by atoms with Crippen LogP contribution < -0.4 is 5.73 Å². The van der Waals surface area contributed by atoms with Crippen molar-refractivity contribution >= 4 is 5.78 Å². The lowest BCUT2D eigenvalue weighted by molar-refractivity contribution is 0.0933. The van der Waals surface area contributed by atoms with Gasteiger partial charge in [0.25, 0.3) is 0 Å². The molecule has 0 aliphatic heterocycles. The minimum atomic E-state index is -0.538. The maximum absolute atomic E-state index is 11.5. The summed E-state index contributed by atoms with van der Waals surface area (Å²) < 4.78 is 4.94. The molecule has 0 saturated heterocycles. The zero-order valence-electron chi connectivity index (χ0n) is 7.62. The molecule has 0 aliphatic rings. The molecule has 0 unspecified atom stereocenters. The van der Waals surface area contributed by atoms with Crippen LogP contribution >= 0.6 is 0 Å². The first kappa shape index (κ1) is 9.74.